The van der Waals surface area contributed by atoms with Crippen molar-refractivity contribution in [3.63, 3.8) is 0 Å². The molecule has 3 aromatic rings. The van der Waals surface area contributed by atoms with E-state index in [9.17, 15) is 18.0 Å². The molecule has 2 amide bonds. The third-order valence-electron chi connectivity index (χ3n) is 5.30. The Morgan fingerprint density at radius 3 is 2.35 bits per heavy atom. The highest BCUT2D eigenvalue weighted by molar-refractivity contribution is 8.18. The van der Waals surface area contributed by atoms with Gasteiger partial charge in [-0.15, -0.1) is 0 Å². The predicted octanol–water partition coefficient (Wildman–Crippen LogP) is 6.38. The molecule has 3 aromatic carbocycles. The van der Waals surface area contributed by atoms with Gasteiger partial charge in [-0.05, 0) is 71.4 Å². The minimum atomic E-state index is -4.14. The monoisotopic (exact) mass is 597 g/mol. The summed E-state index contributed by atoms with van der Waals surface area (Å²) < 4.78 is 40.8. The number of hydrogen-bond acceptors (Lipinski definition) is 8. The number of imide groups is 1. The molecule has 0 saturated carbocycles. The number of carbonyl (C=O) groups excluding carboxylic acids is 2. The summed E-state index contributed by atoms with van der Waals surface area (Å²) >= 11 is 19.1. The van der Waals surface area contributed by atoms with Crippen LogP contribution in [0, 0.1) is 0 Å². The Labute approximate surface area is 230 Å². The van der Waals surface area contributed by atoms with Gasteiger partial charge in [0, 0.05) is 16.1 Å². The van der Waals surface area contributed by atoms with E-state index in [1.807, 2.05) is 0 Å². The average molecular weight is 599 g/mol. The molecule has 1 fully saturated rings. The van der Waals surface area contributed by atoms with Crippen molar-refractivity contribution in [2.75, 3.05) is 6.79 Å². The van der Waals surface area contributed by atoms with Gasteiger partial charge < -0.3 is 13.7 Å². The molecule has 0 radical (unpaired) electrons. The van der Waals surface area contributed by atoms with E-state index in [-0.39, 0.29) is 33.9 Å². The number of fused-ring (bicyclic) bond motifs is 1. The second-order valence-corrected chi connectivity index (χ2v) is 11.5. The first-order valence-electron chi connectivity index (χ1n) is 10.4. The van der Waals surface area contributed by atoms with E-state index < -0.39 is 21.3 Å². The van der Waals surface area contributed by atoms with Gasteiger partial charge in [-0.25, -0.2) is 0 Å². The molecule has 2 aliphatic heterocycles. The van der Waals surface area contributed by atoms with Gasteiger partial charge in [0.05, 0.1) is 16.5 Å². The van der Waals surface area contributed by atoms with Crippen molar-refractivity contribution >= 4 is 73.9 Å². The Bertz CT molecular complexity index is 1570. The molecule has 0 spiro atoms. The van der Waals surface area contributed by atoms with E-state index in [4.69, 9.17) is 48.5 Å². The van der Waals surface area contributed by atoms with Gasteiger partial charge in [-0.2, -0.15) is 8.42 Å². The van der Waals surface area contributed by atoms with Gasteiger partial charge in [0.25, 0.3) is 11.1 Å². The largest absolute Gasteiger partial charge is 0.454 e. The van der Waals surface area contributed by atoms with Gasteiger partial charge in [0.1, 0.15) is 4.90 Å². The highest BCUT2D eigenvalue weighted by Crippen LogP contribution is 2.40. The van der Waals surface area contributed by atoms with E-state index in [1.54, 1.807) is 12.1 Å². The maximum Gasteiger partial charge on any atom is 0.339 e. The smallest absolute Gasteiger partial charge is 0.339 e. The van der Waals surface area contributed by atoms with Gasteiger partial charge >= 0.3 is 10.1 Å². The maximum absolute atomic E-state index is 13.0. The van der Waals surface area contributed by atoms with Crippen molar-refractivity contribution in [2.45, 2.75) is 11.4 Å². The first-order valence-corrected chi connectivity index (χ1v) is 13.8. The molecule has 13 heteroatoms. The lowest BCUT2D eigenvalue weighted by atomic mass is 10.1. The fourth-order valence-corrected chi connectivity index (χ4v) is 5.88. The highest BCUT2D eigenvalue weighted by Gasteiger charge is 2.36. The third-order valence-corrected chi connectivity index (χ3v) is 8.35. The van der Waals surface area contributed by atoms with Crippen LogP contribution in [0.1, 0.15) is 11.1 Å². The van der Waals surface area contributed by atoms with E-state index in [0.29, 0.717) is 32.7 Å². The van der Waals surface area contributed by atoms with Crippen molar-refractivity contribution in [3.8, 4) is 17.2 Å². The molecule has 0 bridgehead atoms. The van der Waals surface area contributed by atoms with Crippen molar-refractivity contribution < 1.29 is 31.7 Å². The third kappa shape index (κ3) is 5.39. The summed E-state index contributed by atoms with van der Waals surface area (Å²) in [6.45, 7) is 0.0203. The van der Waals surface area contributed by atoms with Crippen LogP contribution in [0.4, 0.5) is 4.79 Å². The van der Waals surface area contributed by atoms with Crippen LogP contribution in [-0.2, 0) is 21.5 Å². The molecule has 0 N–H and O–H groups in total. The number of thioether (sulfide) groups is 1. The average Bonchev–Trinajstić information content (AvgIpc) is 3.40. The number of amides is 2. The molecule has 0 unspecified atom stereocenters. The minimum absolute atomic E-state index is 0.00217. The lowest BCUT2D eigenvalue weighted by Crippen LogP contribution is -2.27. The molecule has 0 aliphatic carbocycles. The lowest BCUT2D eigenvalue weighted by molar-refractivity contribution is -0.123. The number of rotatable bonds is 6. The Morgan fingerprint density at radius 1 is 0.946 bits per heavy atom. The lowest BCUT2D eigenvalue weighted by Gasteiger charge is -2.14. The first-order chi connectivity index (χ1) is 17.6. The SMILES string of the molecule is O=C1S/C(=C\c2ccc(OS(=O)(=O)c3ccc(Cl)cc3)c(Cl)c2)C(=O)N1Cc1cc2c(cc1Cl)OCO2. The normalized spacial score (nSPS) is 16.1. The quantitative estimate of drug-likeness (QED) is 0.238. The Kier molecular flexibility index (Phi) is 7.03. The van der Waals surface area contributed by atoms with Crippen molar-refractivity contribution in [2.24, 2.45) is 0 Å². The second kappa shape index (κ2) is 10.1. The zero-order valence-corrected chi connectivity index (χ0v) is 22.3. The van der Waals surface area contributed by atoms with Crippen molar-refractivity contribution in [1.29, 1.82) is 0 Å². The number of carbonyl (C=O) groups is 2. The second-order valence-electron chi connectivity index (χ2n) is 7.75. The molecule has 0 aromatic heterocycles. The number of halogens is 3. The predicted molar refractivity (Wildman–Crippen MR) is 140 cm³/mol. The number of benzene rings is 3. The summed E-state index contributed by atoms with van der Waals surface area (Å²) in [6.07, 6.45) is 1.48. The molecule has 2 heterocycles. The number of hydrogen-bond donors (Lipinski definition) is 0. The van der Waals surface area contributed by atoms with E-state index >= 15 is 0 Å². The number of ether oxygens (including phenoxy) is 2. The van der Waals surface area contributed by atoms with Crippen LogP contribution in [0.5, 0.6) is 17.2 Å². The Hall–Kier alpha value is -2.89. The number of nitrogens with zero attached hydrogens (tertiary/aromatic N) is 1. The summed E-state index contributed by atoms with van der Waals surface area (Å²) in [7, 11) is -4.14. The van der Waals surface area contributed by atoms with Crippen LogP contribution in [0.3, 0.4) is 0 Å². The van der Waals surface area contributed by atoms with Crippen LogP contribution in [0.25, 0.3) is 6.08 Å². The fourth-order valence-electron chi connectivity index (χ4n) is 3.48. The molecular weight excluding hydrogens is 585 g/mol. The van der Waals surface area contributed by atoms with Gasteiger partial charge in [-0.1, -0.05) is 40.9 Å². The molecule has 8 nitrogen and oxygen atoms in total. The van der Waals surface area contributed by atoms with Crippen molar-refractivity contribution in [1.82, 2.24) is 4.90 Å². The van der Waals surface area contributed by atoms with Crippen molar-refractivity contribution in [3.05, 3.63) is 85.7 Å². The topological polar surface area (TPSA) is 99.2 Å². The molecule has 1 saturated heterocycles. The van der Waals surface area contributed by atoms with Gasteiger partial charge in [-0.3, -0.25) is 14.5 Å². The standard InChI is InChI=1S/C24H14Cl3NO7S2/c25-15-2-4-16(5-3-15)37(31,32)35-19-6-1-13(7-18(19)27)8-22-23(29)28(24(30)36-22)11-14-9-20-21(10-17(14)26)34-12-33-20/h1-10H,11-12H2/b22-8-. The van der Waals surface area contributed by atoms with Crippen LogP contribution in [-0.4, -0.2) is 31.3 Å². The maximum atomic E-state index is 13.0. The zero-order valence-electron chi connectivity index (χ0n) is 18.4. The highest BCUT2D eigenvalue weighted by atomic mass is 35.5. The Morgan fingerprint density at radius 2 is 1.65 bits per heavy atom. The van der Waals surface area contributed by atoms with E-state index in [1.165, 1.54) is 48.5 Å². The van der Waals surface area contributed by atoms with Crippen LogP contribution in [0.15, 0.2) is 64.4 Å². The molecular formula is C24H14Cl3NO7S2. The molecule has 190 valence electrons. The van der Waals surface area contributed by atoms with E-state index in [2.05, 4.69) is 0 Å². The fraction of sp³-hybridized carbons (Fsp3) is 0.0833. The van der Waals surface area contributed by atoms with E-state index in [0.717, 1.165) is 16.7 Å². The molecule has 37 heavy (non-hydrogen) atoms. The summed E-state index contributed by atoms with van der Waals surface area (Å²) in [5.41, 5.74) is 0.994. The molecule has 2 aliphatic rings. The van der Waals surface area contributed by atoms with Gasteiger partial charge in [0.15, 0.2) is 17.2 Å². The van der Waals surface area contributed by atoms with Crippen LogP contribution >= 0.6 is 46.6 Å². The molecule has 0 atom stereocenters. The summed E-state index contributed by atoms with van der Waals surface area (Å²) in [4.78, 5) is 26.7. The Balaban J connectivity index is 1.33. The first kappa shape index (κ1) is 25.7. The summed E-state index contributed by atoms with van der Waals surface area (Å²) in [5, 5.41) is 0.246. The minimum Gasteiger partial charge on any atom is -0.454 e. The molecule has 5 rings (SSSR count). The van der Waals surface area contributed by atoms with Crippen LogP contribution in [0.2, 0.25) is 15.1 Å². The van der Waals surface area contributed by atoms with Gasteiger partial charge in [0.2, 0.25) is 6.79 Å². The van der Waals surface area contributed by atoms with Crippen LogP contribution < -0.4 is 13.7 Å². The summed E-state index contributed by atoms with van der Waals surface area (Å²) in [5.74, 6) is 0.370. The summed E-state index contributed by atoms with van der Waals surface area (Å²) in [6, 6.07) is 13.0. The zero-order chi connectivity index (χ0) is 26.3.